The number of aromatic amines is 1. The van der Waals surface area contributed by atoms with Crippen LogP contribution >= 0.6 is 0 Å². The van der Waals surface area contributed by atoms with Crippen molar-refractivity contribution in [3.63, 3.8) is 0 Å². The van der Waals surface area contributed by atoms with Crippen LogP contribution in [0.25, 0.3) is 10.9 Å². The molecule has 0 radical (unpaired) electrons. The predicted octanol–water partition coefficient (Wildman–Crippen LogP) is 2.31. The molecular weight excluding hydrogens is 436 g/mol. The van der Waals surface area contributed by atoms with Crippen molar-refractivity contribution in [1.82, 2.24) is 20.9 Å². The number of nitrogens with one attached hydrogen (secondary N) is 4. The number of benzene rings is 1. The Bertz CT molecular complexity index is 1060. The summed E-state index contributed by atoms with van der Waals surface area (Å²) in [5.74, 6) is -0.726. The minimum Gasteiger partial charge on any atom is -0.496 e. The third kappa shape index (κ3) is 6.15. The molecule has 0 spiro atoms. The first-order chi connectivity index (χ1) is 16.2. The number of ketones is 1. The van der Waals surface area contributed by atoms with Gasteiger partial charge < -0.3 is 25.7 Å². The summed E-state index contributed by atoms with van der Waals surface area (Å²) < 4.78 is 5.35. The van der Waals surface area contributed by atoms with Gasteiger partial charge >= 0.3 is 0 Å². The number of hydrogen-bond donors (Lipinski definition) is 4. The van der Waals surface area contributed by atoms with Crippen molar-refractivity contribution >= 4 is 34.4 Å². The molecule has 9 heteroatoms. The molecule has 9 nitrogen and oxygen atoms in total. The lowest BCUT2D eigenvalue weighted by Crippen LogP contribution is -2.53. The predicted molar refractivity (Wildman–Crippen MR) is 129 cm³/mol. The van der Waals surface area contributed by atoms with Gasteiger partial charge in [0.05, 0.1) is 13.2 Å². The Hall–Kier alpha value is -3.36. The minimum absolute atomic E-state index is 0.0898. The lowest BCUT2D eigenvalue weighted by Gasteiger charge is -2.27. The fraction of sp³-hybridized carbons (Fsp3) is 0.520. The molecule has 3 rings (SSSR count). The van der Waals surface area contributed by atoms with Crippen LogP contribution in [0.15, 0.2) is 24.3 Å². The van der Waals surface area contributed by atoms with Gasteiger partial charge in [-0.25, -0.2) is 0 Å². The third-order valence-electron chi connectivity index (χ3n) is 6.14. The quantitative estimate of drug-likeness (QED) is 0.423. The lowest BCUT2D eigenvalue weighted by molar-refractivity contribution is -0.131. The van der Waals surface area contributed by atoms with Crippen LogP contribution in [0, 0.1) is 11.8 Å². The molecule has 1 aliphatic heterocycles. The molecule has 2 heterocycles. The van der Waals surface area contributed by atoms with Gasteiger partial charge in [-0.05, 0) is 56.7 Å². The monoisotopic (exact) mass is 470 g/mol. The van der Waals surface area contributed by atoms with E-state index in [0.717, 1.165) is 17.3 Å². The summed E-state index contributed by atoms with van der Waals surface area (Å²) in [5, 5.41) is 9.16. The summed E-state index contributed by atoms with van der Waals surface area (Å²) in [6.07, 6.45) is 2.17. The number of carbonyl (C=O) groups is 4. The van der Waals surface area contributed by atoms with E-state index in [9.17, 15) is 19.2 Å². The number of ether oxygens (including phenoxy) is 1. The molecule has 1 saturated heterocycles. The summed E-state index contributed by atoms with van der Waals surface area (Å²) in [6, 6.07) is 5.54. The summed E-state index contributed by atoms with van der Waals surface area (Å²) in [6.45, 7) is 5.94. The Balaban J connectivity index is 1.73. The molecule has 34 heavy (non-hydrogen) atoms. The van der Waals surface area contributed by atoms with Crippen LogP contribution in [-0.4, -0.2) is 54.2 Å². The highest BCUT2D eigenvalue weighted by Crippen LogP contribution is 2.26. The molecule has 3 atom stereocenters. The van der Waals surface area contributed by atoms with Crippen molar-refractivity contribution in [2.75, 3.05) is 13.7 Å². The second-order valence-corrected chi connectivity index (χ2v) is 9.30. The number of aromatic nitrogens is 1. The van der Waals surface area contributed by atoms with E-state index in [2.05, 4.69) is 20.9 Å². The Labute approximate surface area is 199 Å². The number of Topliss-reactive ketones (excluding diaryl/α,β-unsaturated/α-hetero) is 1. The van der Waals surface area contributed by atoms with E-state index < -0.39 is 23.9 Å². The van der Waals surface area contributed by atoms with Gasteiger partial charge in [0.2, 0.25) is 11.8 Å². The number of carbonyl (C=O) groups excluding carboxylic acids is 4. The van der Waals surface area contributed by atoms with E-state index in [-0.39, 0.29) is 29.9 Å². The smallest absolute Gasteiger partial charge is 0.268 e. The van der Waals surface area contributed by atoms with Gasteiger partial charge in [-0.15, -0.1) is 0 Å². The van der Waals surface area contributed by atoms with E-state index in [1.54, 1.807) is 19.2 Å². The van der Waals surface area contributed by atoms with E-state index in [4.69, 9.17) is 4.74 Å². The molecule has 0 aliphatic carbocycles. The molecule has 3 amide bonds. The fourth-order valence-electron chi connectivity index (χ4n) is 4.31. The Kier molecular flexibility index (Phi) is 8.31. The maximum absolute atomic E-state index is 13.1. The van der Waals surface area contributed by atoms with E-state index >= 15 is 0 Å². The van der Waals surface area contributed by atoms with E-state index in [0.29, 0.717) is 30.8 Å². The normalized spacial score (nSPS) is 17.7. The fourth-order valence-corrected chi connectivity index (χ4v) is 4.31. The zero-order chi connectivity index (χ0) is 24.8. The van der Waals surface area contributed by atoms with Crippen LogP contribution in [0.5, 0.6) is 5.75 Å². The average Bonchev–Trinajstić information content (AvgIpc) is 3.23. The summed E-state index contributed by atoms with van der Waals surface area (Å²) in [4.78, 5) is 53.6. The Morgan fingerprint density at radius 2 is 1.94 bits per heavy atom. The van der Waals surface area contributed by atoms with Crippen LogP contribution < -0.4 is 20.7 Å². The number of hydrogen-bond acceptors (Lipinski definition) is 5. The highest BCUT2D eigenvalue weighted by atomic mass is 16.5. The highest BCUT2D eigenvalue weighted by Gasteiger charge is 2.31. The van der Waals surface area contributed by atoms with Gasteiger partial charge in [-0.3, -0.25) is 19.2 Å². The average molecular weight is 471 g/mol. The largest absolute Gasteiger partial charge is 0.496 e. The van der Waals surface area contributed by atoms with Crippen molar-refractivity contribution < 1.29 is 23.9 Å². The van der Waals surface area contributed by atoms with Crippen LogP contribution in [-0.2, 0) is 14.4 Å². The highest BCUT2D eigenvalue weighted by molar-refractivity contribution is 6.01. The number of fused-ring (bicyclic) bond motifs is 1. The van der Waals surface area contributed by atoms with Crippen molar-refractivity contribution in [2.45, 2.75) is 58.5 Å². The summed E-state index contributed by atoms with van der Waals surface area (Å²) >= 11 is 0. The van der Waals surface area contributed by atoms with Crippen molar-refractivity contribution in [2.24, 2.45) is 11.8 Å². The van der Waals surface area contributed by atoms with Crippen molar-refractivity contribution in [3.8, 4) is 5.75 Å². The molecule has 184 valence electrons. The molecule has 0 saturated carbocycles. The molecule has 0 bridgehead atoms. The van der Waals surface area contributed by atoms with Gasteiger partial charge in [0.25, 0.3) is 5.91 Å². The van der Waals surface area contributed by atoms with Crippen LogP contribution in [0.3, 0.4) is 0 Å². The maximum Gasteiger partial charge on any atom is 0.268 e. The Morgan fingerprint density at radius 1 is 1.18 bits per heavy atom. The first kappa shape index (κ1) is 25.3. The van der Waals surface area contributed by atoms with E-state index in [1.165, 1.54) is 6.92 Å². The number of piperidine rings is 1. The van der Waals surface area contributed by atoms with Gasteiger partial charge in [-0.2, -0.15) is 0 Å². The van der Waals surface area contributed by atoms with Crippen LogP contribution in [0.2, 0.25) is 0 Å². The topological polar surface area (TPSA) is 129 Å². The zero-order valence-electron chi connectivity index (χ0n) is 20.2. The van der Waals surface area contributed by atoms with Gasteiger partial charge in [0.1, 0.15) is 17.5 Å². The standard InChI is InChI=1S/C25H34N4O5/c1-14(2)11-20(24(32)28-19(15(3)30)12-16-7-6-10-26-23(16)31)29-25(33)21-13-17-18(27-21)8-5-9-22(17)34-4/h5,8-9,13-14,16,19-20,27H,6-7,10-12H2,1-4H3,(H,26,31)(H,28,32)(H,29,33)/t16-,19-,20-/m0/s1. The van der Waals surface area contributed by atoms with Crippen molar-refractivity contribution in [1.29, 1.82) is 0 Å². The van der Waals surface area contributed by atoms with Gasteiger partial charge in [0.15, 0.2) is 5.78 Å². The van der Waals surface area contributed by atoms with Crippen LogP contribution in [0.1, 0.15) is 56.9 Å². The number of amides is 3. The summed E-state index contributed by atoms with van der Waals surface area (Å²) in [5.41, 5.74) is 1.06. The zero-order valence-corrected chi connectivity index (χ0v) is 20.2. The molecule has 0 unspecified atom stereocenters. The second-order valence-electron chi connectivity index (χ2n) is 9.30. The van der Waals surface area contributed by atoms with Crippen LogP contribution in [0.4, 0.5) is 0 Å². The number of rotatable bonds is 10. The molecule has 1 aromatic carbocycles. The van der Waals surface area contributed by atoms with Gasteiger partial charge in [-0.1, -0.05) is 19.9 Å². The first-order valence-corrected chi connectivity index (χ1v) is 11.7. The molecule has 2 aromatic rings. The first-order valence-electron chi connectivity index (χ1n) is 11.7. The SMILES string of the molecule is COc1cccc2[nH]c(C(=O)N[C@@H](CC(C)C)C(=O)N[C@@H](C[C@@H]3CCCNC3=O)C(C)=O)cc12. The minimum atomic E-state index is -0.831. The maximum atomic E-state index is 13.1. The number of H-pyrrole nitrogens is 1. The van der Waals surface area contributed by atoms with Gasteiger partial charge in [0, 0.05) is 23.4 Å². The summed E-state index contributed by atoms with van der Waals surface area (Å²) in [7, 11) is 1.56. The molecule has 1 fully saturated rings. The molecule has 4 N–H and O–H groups in total. The number of methoxy groups -OCH3 is 1. The molecule has 1 aliphatic rings. The second kappa shape index (κ2) is 11.2. The molecular formula is C25H34N4O5. The molecule has 1 aromatic heterocycles. The Morgan fingerprint density at radius 3 is 2.59 bits per heavy atom. The lowest BCUT2D eigenvalue weighted by atomic mass is 9.90. The third-order valence-corrected chi connectivity index (χ3v) is 6.14. The van der Waals surface area contributed by atoms with E-state index in [1.807, 2.05) is 26.0 Å². The van der Waals surface area contributed by atoms with Crippen molar-refractivity contribution in [3.05, 3.63) is 30.0 Å².